The number of hydrogen-bond donors (Lipinski definition) is 1. The third-order valence-electron chi connectivity index (χ3n) is 2.97. The van der Waals surface area contributed by atoms with Crippen molar-refractivity contribution in [1.82, 2.24) is 0 Å². The van der Waals surface area contributed by atoms with E-state index in [-0.39, 0.29) is 0 Å². The van der Waals surface area contributed by atoms with Crippen molar-refractivity contribution in [3.8, 4) is 0 Å². The summed E-state index contributed by atoms with van der Waals surface area (Å²) in [4.78, 5) is 1.12. The van der Waals surface area contributed by atoms with Crippen LogP contribution in [0.5, 0.6) is 0 Å². The Labute approximate surface area is 97.3 Å². The zero-order chi connectivity index (χ0) is 10.0. The molecule has 1 N–H and O–H groups in total. The van der Waals surface area contributed by atoms with Gasteiger partial charge in [-0.15, -0.1) is 11.3 Å². The molecule has 0 aromatic carbocycles. The highest BCUT2D eigenvalue weighted by Crippen LogP contribution is 2.41. The predicted octanol–water partition coefficient (Wildman–Crippen LogP) is 4.05. The Morgan fingerprint density at radius 3 is 2.36 bits per heavy atom. The maximum absolute atomic E-state index is 10.6. The smallest absolute Gasteiger partial charge is 0.0999 e. The lowest BCUT2D eigenvalue weighted by Crippen LogP contribution is -2.23. The summed E-state index contributed by atoms with van der Waals surface area (Å²) in [7, 11) is 0. The van der Waals surface area contributed by atoms with Gasteiger partial charge in [-0.05, 0) is 40.2 Å². The van der Waals surface area contributed by atoms with E-state index in [0.717, 1.165) is 35.0 Å². The molecule has 1 heterocycles. The number of halogens is 1. The van der Waals surface area contributed by atoms with Crippen LogP contribution < -0.4 is 0 Å². The maximum Gasteiger partial charge on any atom is 0.0999 e. The van der Waals surface area contributed by atoms with Crippen LogP contribution in [0.1, 0.15) is 43.4 Å². The fourth-order valence-electron chi connectivity index (χ4n) is 2.17. The summed E-state index contributed by atoms with van der Waals surface area (Å²) in [5, 5.41) is 12.6. The van der Waals surface area contributed by atoms with Crippen LogP contribution >= 0.6 is 27.3 Å². The van der Waals surface area contributed by atoms with Crippen molar-refractivity contribution in [2.45, 2.75) is 44.1 Å². The zero-order valence-corrected chi connectivity index (χ0v) is 10.5. The summed E-state index contributed by atoms with van der Waals surface area (Å²) in [6, 6.07) is 2.03. The molecule has 0 aliphatic heterocycles. The number of hydrogen-bond acceptors (Lipinski definition) is 2. The van der Waals surface area contributed by atoms with Crippen LogP contribution in [0.25, 0.3) is 0 Å². The van der Waals surface area contributed by atoms with E-state index in [9.17, 15) is 5.11 Å². The van der Waals surface area contributed by atoms with E-state index < -0.39 is 5.60 Å². The lowest BCUT2D eigenvalue weighted by atomic mass is 9.93. The molecule has 3 heteroatoms. The molecule has 1 saturated carbocycles. The van der Waals surface area contributed by atoms with E-state index in [2.05, 4.69) is 15.9 Å². The Morgan fingerprint density at radius 2 is 1.86 bits per heavy atom. The topological polar surface area (TPSA) is 20.2 Å². The molecule has 14 heavy (non-hydrogen) atoms. The van der Waals surface area contributed by atoms with E-state index in [1.807, 2.05) is 11.4 Å². The Morgan fingerprint density at radius 1 is 1.21 bits per heavy atom. The van der Waals surface area contributed by atoms with Crippen molar-refractivity contribution in [3.63, 3.8) is 0 Å². The minimum Gasteiger partial charge on any atom is -0.384 e. The van der Waals surface area contributed by atoms with Gasteiger partial charge in [-0.1, -0.05) is 25.7 Å². The lowest BCUT2D eigenvalue weighted by molar-refractivity contribution is 0.0237. The van der Waals surface area contributed by atoms with Crippen LogP contribution in [0.15, 0.2) is 15.9 Å². The van der Waals surface area contributed by atoms with Crippen molar-refractivity contribution in [2.75, 3.05) is 0 Å². The quantitative estimate of drug-likeness (QED) is 0.766. The van der Waals surface area contributed by atoms with Gasteiger partial charge in [-0.25, -0.2) is 0 Å². The Bertz CT molecular complexity index is 300. The molecule has 1 aromatic rings. The van der Waals surface area contributed by atoms with Gasteiger partial charge in [0.05, 0.1) is 10.5 Å². The highest BCUT2D eigenvalue weighted by Gasteiger charge is 2.32. The van der Waals surface area contributed by atoms with Gasteiger partial charge >= 0.3 is 0 Å². The SMILES string of the molecule is OC1(c2sccc2Br)CCCCCC1. The van der Waals surface area contributed by atoms with Crippen molar-refractivity contribution in [1.29, 1.82) is 0 Å². The van der Waals surface area contributed by atoms with Crippen LogP contribution in [-0.2, 0) is 5.60 Å². The Hall–Kier alpha value is 0.140. The first-order chi connectivity index (χ1) is 6.72. The zero-order valence-electron chi connectivity index (χ0n) is 8.13. The molecule has 2 rings (SSSR count). The second kappa shape index (κ2) is 4.33. The maximum atomic E-state index is 10.6. The van der Waals surface area contributed by atoms with Gasteiger partial charge < -0.3 is 5.11 Å². The third kappa shape index (κ3) is 2.05. The molecule has 0 radical (unpaired) electrons. The van der Waals surface area contributed by atoms with E-state index in [0.29, 0.717) is 0 Å². The van der Waals surface area contributed by atoms with Crippen molar-refractivity contribution < 1.29 is 5.11 Å². The second-order valence-corrected chi connectivity index (χ2v) is 5.81. The van der Waals surface area contributed by atoms with E-state index in [1.165, 1.54) is 12.8 Å². The summed E-state index contributed by atoms with van der Waals surface area (Å²) in [5.74, 6) is 0. The minimum atomic E-state index is -0.552. The van der Waals surface area contributed by atoms with Gasteiger partial charge in [-0.2, -0.15) is 0 Å². The average Bonchev–Trinajstić information content (AvgIpc) is 2.46. The fraction of sp³-hybridized carbons (Fsp3) is 0.636. The molecule has 0 amide bonds. The number of thiophene rings is 1. The molecule has 0 spiro atoms. The molecule has 0 bridgehead atoms. The molecular weight excluding hydrogens is 260 g/mol. The first-order valence-electron chi connectivity index (χ1n) is 5.18. The molecule has 0 atom stereocenters. The van der Waals surface area contributed by atoms with Gasteiger partial charge in [-0.3, -0.25) is 0 Å². The molecule has 1 aliphatic carbocycles. The van der Waals surface area contributed by atoms with E-state index in [4.69, 9.17) is 0 Å². The van der Waals surface area contributed by atoms with Gasteiger partial charge in [0.1, 0.15) is 0 Å². The lowest BCUT2D eigenvalue weighted by Gasteiger charge is -2.25. The van der Waals surface area contributed by atoms with Crippen LogP contribution in [0, 0.1) is 0 Å². The van der Waals surface area contributed by atoms with Crippen LogP contribution in [-0.4, -0.2) is 5.11 Å². The molecule has 1 fully saturated rings. The standard InChI is InChI=1S/C11H15BrOS/c12-9-5-8-14-10(9)11(13)6-3-1-2-4-7-11/h5,8,13H,1-4,6-7H2. The molecule has 78 valence electrons. The molecule has 0 unspecified atom stereocenters. The van der Waals surface area contributed by atoms with E-state index >= 15 is 0 Å². The highest BCUT2D eigenvalue weighted by molar-refractivity contribution is 9.10. The number of aliphatic hydroxyl groups is 1. The molecular formula is C11H15BrOS. The van der Waals surface area contributed by atoms with Gasteiger partial charge in [0.2, 0.25) is 0 Å². The van der Waals surface area contributed by atoms with Crippen molar-refractivity contribution in [2.24, 2.45) is 0 Å². The molecule has 1 aromatic heterocycles. The molecule has 1 aliphatic rings. The van der Waals surface area contributed by atoms with Crippen molar-refractivity contribution >= 4 is 27.3 Å². The largest absolute Gasteiger partial charge is 0.384 e. The fourth-order valence-corrected chi connectivity index (χ4v) is 4.07. The third-order valence-corrected chi connectivity index (χ3v) is 5.00. The van der Waals surface area contributed by atoms with Crippen LogP contribution in [0.4, 0.5) is 0 Å². The summed E-state index contributed by atoms with van der Waals surface area (Å²) in [6.45, 7) is 0. The van der Waals surface area contributed by atoms with Gasteiger partial charge in [0.25, 0.3) is 0 Å². The predicted molar refractivity (Wildman–Crippen MR) is 63.6 cm³/mol. The number of rotatable bonds is 1. The average molecular weight is 275 g/mol. The van der Waals surface area contributed by atoms with Crippen LogP contribution in [0.3, 0.4) is 0 Å². The normalized spacial score (nSPS) is 21.9. The van der Waals surface area contributed by atoms with Gasteiger partial charge in [0.15, 0.2) is 0 Å². The first kappa shape index (κ1) is 10.7. The van der Waals surface area contributed by atoms with Crippen molar-refractivity contribution in [3.05, 3.63) is 20.8 Å². The summed E-state index contributed by atoms with van der Waals surface area (Å²) in [6.07, 6.45) is 6.69. The summed E-state index contributed by atoms with van der Waals surface area (Å²) >= 11 is 5.18. The summed E-state index contributed by atoms with van der Waals surface area (Å²) in [5.41, 5.74) is -0.552. The van der Waals surface area contributed by atoms with Crippen LogP contribution in [0.2, 0.25) is 0 Å². The minimum absolute atomic E-state index is 0.552. The highest BCUT2D eigenvalue weighted by atomic mass is 79.9. The second-order valence-electron chi connectivity index (χ2n) is 4.04. The van der Waals surface area contributed by atoms with Gasteiger partial charge in [0, 0.05) is 4.47 Å². The van der Waals surface area contributed by atoms with E-state index in [1.54, 1.807) is 11.3 Å². The Kier molecular flexibility index (Phi) is 3.30. The Balaban J connectivity index is 2.25. The first-order valence-corrected chi connectivity index (χ1v) is 6.85. The molecule has 1 nitrogen and oxygen atoms in total. The summed E-state index contributed by atoms with van der Waals surface area (Å²) < 4.78 is 1.08. The molecule has 0 saturated heterocycles. The monoisotopic (exact) mass is 274 g/mol.